The lowest BCUT2D eigenvalue weighted by Crippen LogP contribution is -2.37. The third-order valence-corrected chi connectivity index (χ3v) is 3.95. The molecule has 1 aromatic rings. The number of carbonyl (C=O) groups excluding carboxylic acids is 1. The molecule has 8 heteroatoms. The molecule has 0 aliphatic carbocycles. The SMILES string of the molecule is CCCNC(=O)CNS(=O)(=O)c1cc(Cl)ccc1N. The van der Waals surface area contributed by atoms with Crippen LogP contribution >= 0.6 is 11.6 Å². The minimum absolute atomic E-state index is 0.0749. The minimum Gasteiger partial charge on any atom is -0.398 e. The van der Waals surface area contributed by atoms with Crippen LogP contribution in [0.4, 0.5) is 5.69 Å². The molecule has 0 atom stereocenters. The summed E-state index contributed by atoms with van der Waals surface area (Å²) in [6.07, 6.45) is 0.778. The van der Waals surface area contributed by atoms with Gasteiger partial charge in [0, 0.05) is 11.6 Å². The highest BCUT2D eigenvalue weighted by molar-refractivity contribution is 7.89. The average molecular weight is 306 g/mol. The second-order valence-corrected chi connectivity index (χ2v) is 6.03. The number of hydrogen-bond donors (Lipinski definition) is 3. The third kappa shape index (κ3) is 4.70. The maximum absolute atomic E-state index is 12.0. The van der Waals surface area contributed by atoms with Gasteiger partial charge in [0.25, 0.3) is 0 Å². The number of sulfonamides is 1. The lowest BCUT2D eigenvalue weighted by Gasteiger charge is -2.09. The topological polar surface area (TPSA) is 101 Å². The van der Waals surface area contributed by atoms with E-state index in [1.165, 1.54) is 18.2 Å². The first-order valence-electron chi connectivity index (χ1n) is 5.68. The summed E-state index contributed by atoms with van der Waals surface area (Å²) in [6, 6.07) is 4.13. The Hall–Kier alpha value is -1.31. The summed E-state index contributed by atoms with van der Waals surface area (Å²) in [6.45, 7) is 2.06. The molecule has 1 amide bonds. The highest BCUT2D eigenvalue weighted by Crippen LogP contribution is 2.22. The van der Waals surface area contributed by atoms with Gasteiger partial charge < -0.3 is 11.1 Å². The molecule has 0 bridgehead atoms. The normalized spacial score (nSPS) is 11.3. The minimum atomic E-state index is -3.85. The van der Waals surface area contributed by atoms with E-state index in [2.05, 4.69) is 10.0 Å². The predicted octanol–water partition coefficient (Wildman–Crippen LogP) is 0.727. The summed E-state index contributed by atoms with van der Waals surface area (Å²) in [5, 5.41) is 2.81. The fraction of sp³-hybridized carbons (Fsp3) is 0.364. The van der Waals surface area contributed by atoms with Crippen LogP contribution in [-0.2, 0) is 14.8 Å². The van der Waals surface area contributed by atoms with Gasteiger partial charge in [-0.1, -0.05) is 18.5 Å². The summed E-state index contributed by atoms with van der Waals surface area (Å²) in [4.78, 5) is 11.2. The molecule has 1 rings (SSSR count). The van der Waals surface area contributed by atoms with Crippen LogP contribution in [0.1, 0.15) is 13.3 Å². The Bertz CT molecular complexity index is 560. The number of hydrogen-bond acceptors (Lipinski definition) is 4. The molecule has 0 aliphatic heterocycles. The standard InChI is InChI=1S/C11H16ClN3O3S/c1-2-5-14-11(16)7-15-19(17,18)10-6-8(12)3-4-9(10)13/h3-4,6,15H,2,5,7,13H2,1H3,(H,14,16). The lowest BCUT2D eigenvalue weighted by molar-refractivity contribution is -0.119. The zero-order valence-electron chi connectivity index (χ0n) is 10.4. The van der Waals surface area contributed by atoms with Gasteiger partial charge >= 0.3 is 0 Å². The maximum Gasteiger partial charge on any atom is 0.243 e. The molecule has 0 saturated heterocycles. The fourth-order valence-corrected chi connectivity index (χ4v) is 2.68. The quantitative estimate of drug-likeness (QED) is 0.674. The van der Waals surface area contributed by atoms with Gasteiger partial charge in [-0.15, -0.1) is 0 Å². The number of nitrogens with one attached hydrogen (secondary N) is 2. The number of rotatable bonds is 6. The largest absolute Gasteiger partial charge is 0.398 e. The first kappa shape index (κ1) is 15.7. The zero-order valence-corrected chi connectivity index (χ0v) is 12.0. The molecule has 0 saturated carbocycles. The van der Waals surface area contributed by atoms with E-state index in [-0.39, 0.29) is 22.2 Å². The monoisotopic (exact) mass is 305 g/mol. The number of halogens is 1. The molecule has 106 valence electrons. The predicted molar refractivity (Wildman–Crippen MR) is 74.4 cm³/mol. The van der Waals surface area contributed by atoms with Gasteiger partial charge in [0.15, 0.2) is 0 Å². The van der Waals surface area contributed by atoms with Crippen molar-refractivity contribution in [2.75, 3.05) is 18.8 Å². The van der Waals surface area contributed by atoms with Crippen LogP contribution in [0.3, 0.4) is 0 Å². The van der Waals surface area contributed by atoms with Crippen molar-refractivity contribution in [2.24, 2.45) is 0 Å². The van der Waals surface area contributed by atoms with E-state index in [0.29, 0.717) is 6.54 Å². The Morgan fingerprint density at radius 3 is 2.74 bits per heavy atom. The van der Waals surface area contributed by atoms with E-state index >= 15 is 0 Å². The Morgan fingerprint density at radius 2 is 2.11 bits per heavy atom. The number of nitrogens with two attached hydrogens (primary N) is 1. The molecule has 0 heterocycles. The van der Waals surface area contributed by atoms with Crippen LogP contribution in [0.15, 0.2) is 23.1 Å². The Kier molecular flexibility index (Phi) is 5.59. The van der Waals surface area contributed by atoms with Crippen LogP contribution in [0.5, 0.6) is 0 Å². The highest BCUT2D eigenvalue weighted by Gasteiger charge is 2.18. The molecule has 1 aromatic carbocycles. The van der Waals surface area contributed by atoms with Crippen molar-refractivity contribution in [2.45, 2.75) is 18.2 Å². The van der Waals surface area contributed by atoms with Gasteiger partial charge in [-0.25, -0.2) is 13.1 Å². The van der Waals surface area contributed by atoms with Crippen molar-refractivity contribution in [1.29, 1.82) is 0 Å². The third-order valence-electron chi connectivity index (χ3n) is 2.26. The summed E-state index contributed by atoms with van der Waals surface area (Å²) in [5.41, 5.74) is 5.66. The van der Waals surface area contributed by atoms with E-state index in [9.17, 15) is 13.2 Å². The van der Waals surface area contributed by atoms with Crippen LogP contribution < -0.4 is 15.8 Å². The Balaban J connectivity index is 2.76. The zero-order chi connectivity index (χ0) is 14.5. The first-order valence-corrected chi connectivity index (χ1v) is 7.54. The molecular formula is C11H16ClN3O3S. The fourth-order valence-electron chi connectivity index (χ4n) is 1.31. The Morgan fingerprint density at radius 1 is 1.42 bits per heavy atom. The molecule has 6 nitrogen and oxygen atoms in total. The molecule has 19 heavy (non-hydrogen) atoms. The maximum atomic E-state index is 12.0. The van der Waals surface area contributed by atoms with E-state index in [0.717, 1.165) is 6.42 Å². The molecular weight excluding hydrogens is 290 g/mol. The first-order chi connectivity index (χ1) is 8.86. The van der Waals surface area contributed by atoms with Crippen LogP contribution in [-0.4, -0.2) is 27.4 Å². The van der Waals surface area contributed by atoms with Gasteiger partial charge in [-0.2, -0.15) is 0 Å². The van der Waals surface area contributed by atoms with Gasteiger partial charge in [0.1, 0.15) is 4.90 Å². The summed E-state index contributed by atoms with van der Waals surface area (Å²) in [5.74, 6) is -0.397. The smallest absolute Gasteiger partial charge is 0.243 e. The van der Waals surface area contributed by atoms with Crippen molar-refractivity contribution in [3.05, 3.63) is 23.2 Å². The van der Waals surface area contributed by atoms with E-state index in [1.807, 2.05) is 6.92 Å². The highest BCUT2D eigenvalue weighted by atomic mass is 35.5. The van der Waals surface area contributed by atoms with Crippen LogP contribution in [0, 0.1) is 0 Å². The summed E-state index contributed by atoms with van der Waals surface area (Å²) < 4.78 is 26.1. The van der Waals surface area contributed by atoms with E-state index in [1.54, 1.807) is 0 Å². The van der Waals surface area contributed by atoms with E-state index in [4.69, 9.17) is 17.3 Å². The Labute approximate surface area is 117 Å². The van der Waals surface area contributed by atoms with Gasteiger partial charge in [-0.05, 0) is 24.6 Å². The summed E-state index contributed by atoms with van der Waals surface area (Å²) in [7, 11) is -3.85. The molecule has 0 unspecified atom stereocenters. The van der Waals surface area contributed by atoms with Crippen molar-refractivity contribution < 1.29 is 13.2 Å². The van der Waals surface area contributed by atoms with Crippen LogP contribution in [0.25, 0.3) is 0 Å². The molecule has 0 fully saturated rings. The van der Waals surface area contributed by atoms with Crippen molar-refractivity contribution >= 4 is 33.2 Å². The van der Waals surface area contributed by atoms with Crippen molar-refractivity contribution in [3.8, 4) is 0 Å². The lowest BCUT2D eigenvalue weighted by atomic mass is 10.3. The summed E-state index contributed by atoms with van der Waals surface area (Å²) >= 11 is 5.73. The number of anilines is 1. The molecule has 0 radical (unpaired) electrons. The number of nitrogen functional groups attached to an aromatic ring is 1. The average Bonchev–Trinajstić information content (AvgIpc) is 2.36. The van der Waals surface area contributed by atoms with Gasteiger partial charge in [-0.3, -0.25) is 4.79 Å². The number of carbonyl (C=O) groups is 1. The van der Waals surface area contributed by atoms with Gasteiger partial charge in [0.2, 0.25) is 15.9 Å². The van der Waals surface area contributed by atoms with Crippen LogP contribution in [0.2, 0.25) is 5.02 Å². The number of benzene rings is 1. The molecule has 0 aromatic heterocycles. The second-order valence-electron chi connectivity index (χ2n) is 3.86. The second kappa shape index (κ2) is 6.74. The van der Waals surface area contributed by atoms with Gasteiger partial charge in [0.05, 0.1) is 12.2 Å². The van der Waals surface area contributed by atoms with Crippen molar-refractivity contribution in [1.82, 2.24) is 10.0 Å². The van der Waals surface area contributed by atoms with Crippen molar-refractivity contribution in [3.63, 3.8) is 0 Å². The molecule has 4 N–H and O–H groups in total. The molecule has 0 spiro atoms. The molecule has 0 aliphatic rings. The number of amides is 1. The van der Waals surface area contributed by atoms with E-state index < -0.39 is 15.9 Å².